The molecular weight excluding hydrogens is 250 g/mol. The first kappa shape index (κ1) is 13.5. The summed E-state index contributed by atoms with van der Waals surface area (Å²) >= 11 is 1.94. The van der Waals surface area contributed by atoms with Crippen molar-refractivity contribution in [3.63, 3.8) is 0 Å². The van der Waals surface area contributed by atoms with Gasteiger partial charge in [-0.25, -0.2) is 4.79 Å². The highest BCUT2D eigenvalue weighted by atomic mass is 32.2. The number of carboxylic acids is 1. The minimum absolute atomic E-state index is 0.220. The first-order chi connectivity index (χ1) is 8.69. The predicted octanol–water partition coefficient (Wildman–Crippen LogP) is 2.74. The second kappa shape index (κ2) is 6.29. The third-order valence-electron chi connectivity index (χ3n) is 3.43. The summed E-state index contributed by atoms with van der Waals surface area (Å²) in [4.78, 5) is 10.7. The maximum atomic E-state index is 10.7. The SMILES string of the molecule is CSC1CCCC(NCc2cc(C(=O)O)co2)C1. The number of furan rings is 1. The fourth-order valence-electron chi connectivity index (χ4n) is 2.37. The normalized spacial score (nSPS) is 24.1. The molecule has 0 spiro atoms. The Morgan fingerprint density at radius 1 is 1.61 bits per heavy atom. The Balaban J connectivity index is 1.81. The highest BCUT2D eigenvalue weighted by Crippen LogP contribution is 2.27. The Morgan fingerprint density at radius 3 is 3.11 bits per heavy atom. The number of nitrogens with one attached hydrogen (secondary N) is 1. The molecule has 1 fully saturated rings. The van der Waals surface area contributed by atoms with Crippen LogP contribution in [0.2, 0.25) is 0 Å². The van der Waals surface area contributed by atoms with E-state index in [4.69, 9.17) is 9.52 Å². The molecule has 0 radical (unpaired) electrons. The molecule has 4 nitrogen and oxygen atoms in total. The smallest absolute Gasteiger partial charge is 0.338 e. The molecule has 1 aliphatic carbocycles. The van der Waals surface area contributed by atoms with Crippen LogP contribution in [0.25, 0.3) is 0 Å². The molecule has 100 valence electrons. The number of aromatic carboxylic acids is 1. The zero-order valence-corrected chi connectivity index (χ0v) is 11.3. The van der Waals surface area contributed by atoms with E-state index < -0.39 is 5.97 Å². The number of hydrogen-bond acceptors (Lipinski definition) is 4. The molecule has 2 rings (SSSR count). The third kappa shape index (κ3) is 3.53. The van der Waals surface area contributed by atoms with E-state index in [1.54, 1.807) is 6.07 Å². The van der Waals surface area contributed by atoms with E-state index in [2.05, 4.69) is 11.6 Å². The van der Waals surface area contributed by atoms with Crippen molar-refractivity contribution < 1.29 is 14.3 Å². The molecule has 1 aliphatic rings. The van der Waals surface area contributed by atoms with Crippen LogP contribution in [0.5, 0.6) is 0 Å². The largest absolute Gasteiger partial charge is 0.478 e. The number of carbonyl (C=O) groups is 1. The van der Waals surface area contributed by atoms with Gasteiger partial charge in [0.2, 0.25) is 0 Å². The molecule has 1 saturated carbocycles. The number of thioether (sulfide) groups is 1. The number of carboxylic acid groups (broad SMARTS) is 1. The van der Waals surface area contributed by atoms with Crippen LogP contribution in [0.4, 0.5) is 0 Å². The molecule has 2 atom stereocenters. The van der Waals surface area contributed by atoms with Gasteiger partial charge in [-0.15, -0.1) is 0 Å². The fraction of sp³-hybridized carbons (Fsp3) is 0.615. The predicted molar refractivity (Wildman–Crippen MR) is 72.1 cm³/mol. The lowest BCUT2D eigenvalue weighted by Crippen LogP contribution is -2.34. The van der Waals surface area contributed by atoms with E-state index in [1.807, 2.05) is 11.8 Å². The average Bonchev–Trinajstić information content (AvgIpc) is 2.85. The molecule has 5 heteroatoms. The molecular formula is C13H19NO3S. The summed E-state index contributed by atoms with van der Waals surface area (Å²) in [7, 11) is 0. The maximum absolute atomic E-state index is 10.7. The zero-order valence-electron chi connectivity index (χ0n) is 10.5. The van der Waals surface area contributed by atoms with E-state index >= 15 is 0 Å². The Bertz CT molecular complexity index is 405. The minimum atomic E-state index is -0.940. The lowest BCUT2D eigenvalue weighted by atomic mass is 9.95. The third-order valence-corrected chi connectivity index (χ3v) is 4.52. The van der Waals surface area contributed by atoms with Crippen molar-refractivity contribution in [1.82, 2.24) is 5.32 Å². The summed E-state index contributed by atoms with van der Waals surface area (Å²) in [5, 5.41) is 13.0. The van der Waals surface area contributed by atoms with E-state index in [9.17, 15) is 4.79 Å². The number of rotatable bonds is 5. The summed E-state index contributed by atoms with van der Waals surface area (Å²) in [6.45, 7) is 0.610. The first-order valence-electron chi connectivity index (χ1n) is 6.26. The van der Waals surface area contributed by atoms with Gasteiger partial charge >= 0.3 is 5.97 Å². The zero-order chi connectivity index (χ0) is 13.0. The molecule has 0 aliphatic heterocycles. The Morgan fingerprint density at radius 2 is 2.44 bits per heavy atom. The van der Waals surface area contributed by atoms with Gasteiger partial charge in [-0.3, -0.25) is 0 Å². The van der Waals surface area contributed by atoms with Crippen LogP contribution >= 0.6 is 11.8 Å². The summed E-state index contributed by atoms with van der Waals surface area (Å²) < 4.78 is 5.22. The van der Waals surface area contributed by atoms with E-state index in [-0.39, 0.29) is 5.56 Å². The van der Waals surface area contributed by atoms with E-state index in [1.165, 1.54) is 31.9 Å². The van der Waals surface area contributed by atoms with E-state index in [0.717, 1.165) is 5.25 Å². The van der Waals surface area contributed by atoms with Gasteiger partial charge in [-0.2, -0.15) is 11.8 Å². The minimum Gasteiger partial charge on any atom is -0.478 e. The second-order valence-electron chi connectivity index (χ2n) is 4.71. The molecule has 0 bridgehead atoms. The lowest BCUT2D eigenvalue weighted by Gasteiger charge is -2.28. The second-order valence-corrected chi connectivity index (χ2v) is 5.85. The molecule has 1 heterocycles. The van der Waals surface area contributed by atoms with Gasteiger partial charge in [0.05, 0.1) is 12.1 Å². The van der Waals surface area contributed by atoms with Crippen LogP contribution < -0.4 is 5.32 Å². The summed E-state index contributed by atoms with van der Waals surface area (Å²) in [5.74, 6) is -0.246. The van der Waals surface area contributed by atoms with Crippen molar-refractivity contribution in [2.75, 3.05) is 6.26 Å². The van der Waals surface area contributed by atoms with Crippen LogP contribution in [-0.2, 0) is 6.54 Å². The fourth-order valence-corrected chi connectivity index (χ4v) is 3.20. The van der Waals surface area contributed by atoms with Crippen LogP contribution in [0.15, 0.2) is 16.7 Å². The van der Waals surface area contributed by atoms with Crippen molar-refractivity contribution in [3.8, 4) is 0 Å². The van der Waals surface area contributed by atoms with Gasteiger partial charge in [0.15, 0.2) is 0 Å². The van der Waals surface area contributed by atoms with Gasteiger partial charge in [-0.1, -0.05) is 6.42 Å². The van der Waals surface area contributed by atoms with Crippen molar-refractivity contribution in [3.05, 3.63) is 23.7 Å². The average molecular weight is 269 g/mol. The quantitative estimate of drug-likeness (QED) is 0.860. The Hall–Kier alpha value is -0.940. The van der Waals surface area contributed by atoms with Crippen molar-refractivity contribution >= 4 is 17.7 Å². The molecule has 0 amide bonds. The Labute approximate surface area is 111 Å². The van der Waals surface area contributed by atoms with E-state index in [0.29, 0.717) is 18.3 Å². The van der Waals surface area contributed by atoms with Gasteiger partial charge in [-0.05, 0) is 31.6 Å². The molecule has 1 aromatic heterocycles. The van der Waals surface area contributed by atoms with Crippen LogP contribution in [0.1, 0.15) is 41.8 Å². The van der Waals surface area contributed by atoms with Gasteiger partial charge in [0, 0.05) is 11.3 Å². The topological polar surface area (TPSA) is 62.5 Å². The number of hydrogen-bond donors (Lipinski definition) is 2. The highest BCUT2D eigenvalue weighted by Gasteiger charge is 2.21. The monoisotopic (exact) mass is 269 g/mol. The van der Waals surface area contributed by atoms with Crippen LogP contribution in [0.3, 0.4) is 0 Å². The summed E-state index contributed by atoms with van der Waals surface area (Å²) in [5.41, 5.74) is 0.220. The molecule has 2 unspecified atom stereocenters. The molecule has 0 aromatic carbocycles. The summed E-state index contributed by atoms with van der Waals surface area (Å²) in [6.07, 6.45) is 8.42. The summed E-state index contributed by atoms with van der Waals surface area (Å²) in [6, 6.07) is 2.11. The van der Waals surface area contributed by atoms with Crippen LogP contribution in [-0.4, -0.2) is 28.6 Å². The Kier molecular flexibility index (Phi) is 4.72. The van der Waals surface area contributed by atoms with Gasteiger partial charge in [0.1, 0.15) is 12.0 Å². The molecule has 2 N–H and O–H groups in total. The van der Waals surface area contributed by atoms with Crippen molar-refractivity contribution in [2.45, 2.75) is 43.5 Å². The lowest BCUT2D eigenvalue weighted by molar-refractivity contribution is 0.0696. The van der Waals surface area contributed by atoms with Crippen molar-refractivity contribution in [2.24, 2.45) is 0 Å². The first-order valence-corrected chi connectivity index (χ1v) is 7.54. The molecule has 0 saturated heterocycles. The highest BCUT2D eigenvalue weighted by molar-refractivity contribution is 7.99. The van der Waals surface area contributed by atoms with Crippen molar-refractivity contribution in [1.29, 1.82) is 0 Å². The molecule has 18 heavy (non-hydrogen) atoms. The van der Waals surface area contributed by atoms with Crippen LogP contribution in [0, 0.1) is 0 Å². The van der Waals surface area contributed by atoms with Gasteiger partial charge in [0.25, 0.3) is 0 Å². The molecule has 1 aromatic rings. The maximum Gasteiger partial charge on any atom is 0.338 e. The van der Waals surface area contributed by atoms with Gasteiger partial charge < -0.3 is 14.8 Å². The standard InChI is InChI=1S/C13H19NO3S/c1-18-12-4-2-3-10(6-12)14-7-11-5-9(8-17-11)13(15)16/h5,8,10,12,14H,2-4,6-7H2,1H3,(H,15,16).